The SMILES string of the molecule is CCn1c(SCC(=O)Nc2ccc(-c3nc4ccc(C)cc4s3)cc2)nnc1-c1cccs1. The number of rotatable bonds is 7. The highest BCUT2D eigenvalue weighted by Gasteiger charge is 2.15. The second-order valence-corrected chi connectivity index (χ2v) is 10.4. The number of carbonyl (C=O) groups is 1. The third-order valence-corrected chi connectivity index (χ3v) is 7.97. The quantitative estimate of drug-likeness (QED) is 0.269. The summed E-state index contributed by atoms with van der Waals surface area (Å²) in [5.74, 6) is 1.03. The van der Waals surface area contributed by atoms with Gasteiger partial charge in [0.2, 0.25) is 5.91 Å². The van der Waals surface area contributed by atoms with Gasteiger partial charge in [-0.2, -0.15) is 0 Å². The lowest BCUT2D eigenvalue weighted by Crippen LogP contribution is -2.14. The number of aryl methyl sites for hydroxylation is 1. The Hall–Kier alpha value is -3.01. The molecule has 33 heavy (non-hydrogen) atoms. The zero-order chi connectivity index (χ0) is 22.8. The van der Waals surface area contributed by atoms with Gasteiger partial charge in [0.05, 0.1) is 20.8 Å². The van der Waals surface area contributed by atoms with E-state index in [1.54, 1.807) is 22.7 Å². The minimum atomic E-state index is -0.0773. The van der Waals surface area contributed by atoms with Crippen molar-refractivity contribution in [3.63, 3.8) is 0 Å². The summed E-state index contributed by atoms with van der Waals surface area (Å²) in [4.78, 5) is 18.3. The molecule has 166 valence electrons. The monoisotopic (exact) mass is 491 g/mol. The Morgan fingerprint density at radius 2 is 1.97 bits per heavy atom. The van der Waals surface area contributed by atoms with Gasteiger partial charge in [-0.05, 0) is 67.3 Å². The fraction of sp³-hybridized carbons (Fsp3) is 0.167. The number of carbonyl (C=O) groups excluding carboxylic acids is 1. The molecule has 6 nitrogen and oxygen atoms in total. The van der Waals surface area contributed by atoms with Gasteiger partial charge in [0.15, 0.2) is 11.0 Å². The summed E-state index contributed by atoms with van der Waals surface area (Å²) in [5.41, 5.74) is 4.04. The van der Waals surface area contributed by atoms with Crippen LogP contribution in [0.4, 0.5) is 5.69 Å². The fourth-order valence-electron chi connectivity index (χ4n) is 3.45. The molecule has 0 saturated carbocycles. The van der Waals surface area contributed by atoms with Gasteiger partial charge in [-0.1, -0.05) is 23.9 Å². The number of anilines is 1. The zero-order valence-electron chi connectivity index (χ0n) is 18.1. The number of fused-ring (bicyclic) bond motifs is 1. The lowest BCUT2D eigenvalue weighted by Gasteiger charge is -2.07. The number of hydrogen-bond donors (Lipinski definition) is 1. The van der Waals surface area contributed by atoms with Crippen molar-refractivity contribution in [1.29, 1.82) is 0 Å². The van der Waals surface area contributed by atoms with Crippen molar-refractivity contribution in [2.75, 3.05) is 11.1 Å². The van der Waals surface area contributed by atoms with Crippen LogP contribution in [0.25, 0.3) is 31.5 Å². The first-order valence-electron chi connectivity index (χ1n) is 10.5. The molecule has 0 unspecified atom stereocenters. The molecular formula is C24H21N5OS3. The van der Waals surface area contributed by atoms with Crippen LogP contribution < -0.4 is 5.32 Å². The van der Waals surface area contributed by atoms with E-state index in [4.69, 9.17) is 4.98 Å². The first kappa shape index (κ1) is 21.8. The third kappa shape index (κ3) is 4.71. The molecule has 5 rings (SSSR count). The highest BCUT2D eigenvalue weighted by Crippen LogP contribution is 2.31. The Bertz CT molecular complexity index is 1400. The Balaban J connectivity index is 1.22. The summed E-state index contributed by atoms with van der Waals surface area (Å²) in [6.07, 6.45) is 0. The van der Waals surface area contributed by atoms with E-state index in [2.05, 4.69) is 47.6 Å². The molecule has 0 aliphatic rings. The van der Waals surface area contributed by atoms with E-state index in [1.807, 2.05) is 46.3 Å². The predicted molar refractivity (Wildman–Crippen MR) is 138 cm³/mol. The molecule has 0 spiro atoms. The van der Waals surface area contributed by atoms with E-state index in [0.717, 1.165) is 44.2 Å². The second kappa shape index (κ2) is 9.46. The van der Waals surface area contributed by atoms with Crippen molar-refractivity contribution >= 4 is 56.2 Å². The van der Waals surface area contributed by atoms with Crippen LogP contribution in [0, 0.1) is 6.92 Å². The number of thiophene rings is 1. The molecule has 0 atom stereocenters. The maximum Gasteiger partial charge on any atom is 0.234 e. The number of nitrogens with zero attached hydrogens (tertiary/aromatic N) is 4. The summed E-state index contributed by atoms with van der Waals surface area (Å²) >= 11 is 4.70. The molecule has 3 heterocycles. The van der Waals surface area contributed by atoms with E-state index in [-0.39, 0.29) is 11.7 Å². The average Bonchev–Trinajstić information content (AvgIpc) is 3.56. The summed E-state index contributed by atoms with van der Waals surface area (Å²) in [5, 5.41) is 15.3. The second-order valence-electron chi connectivity index (χ2n) is 7.43. The highest BCUT2D eigenvalue weighted by molar-refractivity contribution is 7.99. The summed E-state index contributed by atoms with van der Waals surface area (Å²) < 4.78 is 3.22. The molecule has 0 aliphatic heterocycles. The zero-order valence-corrected chi connectivity index (χ0v) is 20.6. The molecule has 0 bridgehead atoms. The van der Waals surface area contributed by atoms with Crippen LogP contribution in [0.2, 0.25) is 0 Å². The molecule has 0 radical (unpaired) electrons. The van der Waals surface area contributed by atoms with Gasteiger partial charge in [0.1, 0.15) is 5.01 Å². The molecular weight excluding hydrogens is 470 g/mol. The van der Waals surface area contributed by atoms with Crippen LogP contribution in [0.1, 0.15) is 12.5 Å². The van der Waals surface area contributed by atoms with E-state index < -0.39 is 0 Å². The minimum absolute atomic E-state index is 0.0773. The summed E-state index contributed by atoms with van der Waals surface area (Å²) in [7, 11) is 0. The first-order valence-corrected chi connectivity index (χ1v) is 13.2. The number of thioether (sulfide) groups is 1. The van der Waals surface area contributed by atoms with E-state index in [1.165, 1.54) is 22.0 Å². The standard InChI is InChI=1S/C24H21N5OS3/c1-3-29-22(19-5-4-12-31-19)27-28-24(29)32-14-21(30)25-17-9-7-16(8-10-17)23-26-18-11-6-15(2)13-20(18)33-23/h4-13H,3,14H2,1-2H3,(H,25,30). The Morgan fingerprint density at radius 1 is 1.12 bits per heavy atom. The van der Waals surface area contributed by atoms with Crippen molar-refractivity contribution in [2.24, 2.45) is 0 Å². The number of hydrogen-bond acceptors (Lipinski definition) is 7. The van der Waals surface area contributed by atoms with E-state index >= 15 is 0 Å². The minimum Gasteiger partial charge on any atom is -0.325 e. The van der Waals surface area contributed by atoms with Gasteiger partial charge in [0, 0.05) is 17.8 Å². The Kier molecular flexibility index (Phi) is 6.26. The lowest BCUT2D eigenvalue weighted by molar-refractivity contribution is -0.113. The Labute approximate surface area is 203 Å². The number of thiazole rings is 1. The molecule has 3 aromatic heterocycles. The van der Waals surface area contributed by atoms with Gasteiger partial charge in [-0.25, -0.2) is 4.98 Å². The average molecular weight is 492 g/mol. The van der Waals surface area contributed by atoms with Crippen molar-refractivity contribution in [2.45, 2.75) is 25.5 Å². The van der Waals surface area contributed by atoms with Crippen LogP contribution in [-0.4, -0.2) is 31.4 Å². The molecule has 1 N–H and O–H groups in total. The van der Waals surface area contributed by atoms with Gasteiger partial charge < -0.3 is 9.88 Å². The maximum atomic E-state index is 12.5. The van der Waals surface area contributed by atoms with Crippen molar-refractivity contribution in [3.05, 3.63) is 65.5 Å². The Morgan fingerprint density at radius 3 is 2.73 bits per heavy atom. The van der Waals surface area contributed by atoms with Crippen LogP contribution in [0.15, 0.2) is 65.1 Å². The molecule has 9 heteroatoms. The largest absolute Gasteiger partial charge is 0.325 e. The molecule has 0 fully saturated rings. The van der Waals surface area contributed by atoms with Gasteiger partial charge in [-0.3, -0.25) is 4.79 Å². The van der Waals surface area contributed by atoms with Crippen molar-refractivity contribution in [3.8, 4) is 21.3 Å². The summed E-state index contributed by atoms with van der Waals surface area (Å²) in [6, 6.07) is 18.1. The normalized spacial score (nSPS) is 11.2. The van der Waals surface area contributed by atoms with Crippen LogP contribution in [0.5, 0.6) is 0 Å². The maximum absolute atomic E-state index is 12.5. The van der Waals surface area contributed by atoms with E-state index in [9.17, 15) is 4.79 Å². The number of aromatic nitrogens is 4. The molecule has 0 aliphatic carbocycles. The number of amides is 1. The molecule has 0 saturated heterocycles. The van der Waals surface area contributed by atoms with Gasteiger partial charge >= 0.3 is 0 Å². The van der Waals surface area contributed by atoms with Crippen LogP contribution >= 0.6 is 34.4 Å². The molecule has 2 aromatic carbocycles. The fourth-order valence-corrected chi connectivity index (χ4v) is 6.04. The molecule has 1 amide bonds. The third-order valence-electron chi connectivity index (χ3n) is 5.07. The smallest absolute Gasteiger partial charge is 0.234 e. The first-order chi connectivity index (χ1) is 16.1. The topological polar surface area (TPSA) is 72.7 Å². The van der Waals surface area contributed by atoms with E-state index in [0.29, 0.717) is 0 Å². The van der Waals surface area contributed by atoms with Gasteiger partial charge in [-0.15, -0.1) is 32.9 Å². The number of nitrogens with one attached hydrogen (secondary N) is 1. The van der Waals surface area contributed by atoms with Gasteiger partial charge in [0.25, 0.3) is 0 Å². The van der Waals surface area contributed by atoms with Crippen molar-refractivity contribution < 1.29 is 4.79 Å². The lowest BCUT2D eigenvalue weighted by atomic mass is 10.2. The highest BCUT2D eigenvalue weighted by atomic mass is 32.2. The number of benzene rings is 2. The predicted octanol–water partition coefficient (Wildman–Crippen LogP) is 6.34. The molecule has 5 aromatic rings. The van der Waals surface area contributed by atoms with Crippen LogP contribution in [-0.2, 0) is 11.3 Å². The van der Waals surface area contributed by atoms with Crippen molar-refractivity contribution in [1.82, 2.24) is 19.7 Å². The summed E-state index contributed by atoms with van der Waals surface area (Å²) in [6.45, 7) is 4.89. The van der Waals surface area contributed by atoms with Crippen LogP contribution in [0.3, 0.4) is 0 Å².